The molecule has 1 aliphatic rings. The van der Waals surface area contributed by atoms with Crippen LogP contribution in [0.15, 0.2) is 23.1 Å². The van der Waals surface area contributed by atoms with Crippen molar-refractivity contribution in [3.8, 4) is 0 Å². The summed E-state index contributed by atoms with van der Waals surface area (Å²) in [6.45, 7) is 0.781. The van der Waals surface area contributed by atoms with Crippen molar-refractivity contribution in [2.45, 2.75) is 32.1 Å². The van der Waals surface area contributed by atoms with Gasteiger partial charge in [-0.05, 0) is 18.1 Å². The number of alkyl halides is 3. The lowest BCUT2D eigenvalue weighted by atomic mass is 10.2. The Hall–Kier alpha value is -2.12. The Balaban J connectivity index is 1.84. The van der Waals surface area contributed by atoms with Gasteiger partial charge in [0, 0.05) is 19.2 Å². The number of aryl methyl sites for hydroxylation is 1. The van der Waals surface area contributed by atoms with E-state index in [4.69, 9.17) is 0 Å². The molecule has 3 heterocycles. The maximum absolute atomic E-state index is 12.4. The van der Waals surface area contributed by atoms with Gasteiger partial charge in [-0.1, -0.05) is 6.07 Å². The van der Waals surface area contributed by atoms with Crippen LogP contribution in [-0.4, -0.2) is 19.3 Å². The van der Waals surface area contributed by atoms with E-state index in [1.54, 1.807) is 4.57 Å². The van der Waals surface area contributed by atoms with Crippen LogP contribution >= 0.6 is 0 Å². The number of pyridine rings is 1. The van der Waals surface area contributed by atoms with Gasteiger partial charge < -0.3 is 0 Å². The zero-order chi connectivity index (χ0) is 14.3. The number of hydrogen-bond donors (Lipinski definition) is 0. The fourth-order valence-electron chi connectivity index (χ4n) is 2.25. The first-order chi connectivity index (χ1) is 9.45. The molecule has 0 spiro atoms. The summed E-state index contributed by atoms with van der Waals surface area (Å²) in [5, 5.41) is 4.17. The fraction of sp³-hybridized carbons (Fsp3) is 0.417. The van der Waals surface area contributed by atoms with E-state index in [1.807, 2.05) is 0 Å². The third-order valence-electron chi connectivity index (χ3n) is 3.23. The molecule has 2 aromatic rings. The predicted octanol–water partition coefficient (Wildman–Crippen LogP) is 1.45. The number of nitrogens with zero attached hydrogens (tertiary/aromatic N) is 4. The molecular weight excluding hydrogens is 273 g/mol. The van der Waals surface area contributed by atoms with Crippen LogP contribution in [0.5, 0.6) is 0 Å². The van der Waals surface area contributed by atoms with Crippen molar-refractivity contribution in [2.75, 3.05) is 0 Å². The van der Waals surface area contributed by atoms with E-state index in [9.17, 15) is 18.0 Å². The molecule has 0 N–H and O–H groups in total. The molecule has 2 aromatic heterocycles. The summed E-state index contributed by atoms with van der Waals surface area (Å²) >= 11 is 0. The van der Waals surface area contributed by atoms with E-state index in [-0.39, 0.29) is 12.2 Å². The summed E-state index contributed by atoms with van der Waals surface area (Å²) in [6, 6.07) is 2.22. The minimum atomic E-state index is -4.45. The standard InChI is InChI=1S/C12H11F3N4O/c13-12(14,15)9-4-3-8(6-16-9)7-19-11(20)18-5-1-2-10(18)17-19/h3-4,6H,1-2,5,7H2. The van der Waals surface area contributed by atoms with Gasteiger partial charge in [0.25, 0.3) is 0 Å². The van der Waals surface area contributed by atoms with E-state index in [2.05, 4.69) is 10.1 Å². The second-order valence-corrected chi connectivity index (χ2v) is 4.66. The normalized spacial score (nSPS) is 14.6. The monoisotopic (exact) mass is 284 g/mol. The maximum Gasteiger partial charge on any atom is 0.433 e. The molecule has 3 rings (SSSR count). The third kappa shape index (κ3) is 2.21. The van der Waals surface area contributed by atoms with Crippen LogP contribution in [0, 0.1) is 0 Å². The molecule has 8 heteroatoms. The first-order valence-electron chi connectivity index (χ1n) is 6.14. The lowest BCUT2D eigenvalue weighted by Crippen LogP contribution is -2.24. The largest absolute Gasteiger partial charge is 0.433 e. The van der Waals surface area contributed by atoms with Gasteiger partial charge in [0.05, 0.1) is 6.54 Å². The van der Waals surface area contributed by atoms with Gasteiger partial charge in [0.1, 0.15) is 11.5 Å². The minimum Gasteiger partial charge on any atom is -0.279 e. The van der Waals surface area contributed by atoms with E-state index in [1.165, 1.54) is 10.7 Å². The van der Waals surface area contributed by atoms with Gasteiger partial charge in [0.15, 0.2) is 0 Å². The van der Waals surface area contributed by atoms with Crippen LogP contribution < -0.4 is 5.69 Å². The Morgan fingerprint density at radius 1 is 1.30 bits per heavy atom. The lowest BCUT2D eigenvalue weighted by molar-refractivity contribution is -0.141. The van der Waals surface area contributed by atoms with Crippen LogP contribution in [-0.2, 0) is 25.7 Å². The van der Waals surface area contributed by atoms with Gasteiger partial charge in [-0.15, -0.1) is 0 Å². The number of halogens is 3. The SMILES string of the molecule is O=c1n(Cc2ccc(C(F)(F)F)nc2)nc2n1CCC2. The summed E-state index contributed by atoms with van der Waals surface area (Å²) in [5.41, 5.74) is -0.657. The highest BCUT2D eigenvalue weighted by Gasteiger charge is 2.32. The Morgan fingerprint density at radius 3 is 2.70 bits per heavy atom. The van der Waals surface area contributed by atoms with Crippen molar-refractivity contribution in [1.82, 2.24) is 19.3 Å². The van der Waals surface area contributed by atoms with Crippen LogP contribution in [0.25, 0.3) is 0 Å². The Kier molecular flexibility index (Phi) is 2.88. The van der Waals surface area contributed by atoms with Crippen molar-refractivity contribution in [3.05, 3.63) is 45.9 Å². The maximum atomic E-state index is 12.4. The Labute approximate surface area is 111 Å². The van der Waals surface area contributed by atoms with E-state index in [0.717, 1.165) is 30.9 Å². The van der Waals surface area contributed by atoms with Gasteiger partial charge in [-0.25, -0.2) is 9.48 Å². The second-order valence-electron chi connectivity index (χ2n) is 4.66. The van der Waals surface area contributed by atoms with Gasteiger partial charge in [-0.3, -0.25) is 9.55 Å². The zero-order valence-electron chi connectivity index (χ0n) is 10.4. The zero-order valence-corrected chi connectivity index (χ0v) is 10.4. The van der Waals surface area contributed by atoms with Crippen LogP contribution in [0.3, 0.4) is 0 Å². The third-order valence-corrected chi connectivity index (χ3v) is 3.23. The van der Waals surface area contributed by atoms with Gasteiger partial charge >= 0.3 is 11.9 Å². The molecule has 20 heavy (non-hydrogen) atoms. The first-order valence-corrected chi connectivity index (χ1v) is 6.14. The molecule has 0 radical (unpaired) electrons. The molecule has 0 bridgehead atoms. The minimum absolute atomic E-state index is 0.129. The molecule has 0 aliphatic carbocycles. The average Bonchev–Trinajstić information content (AvgIpc) is 2.94. The van der Waals surface area contributed by atoms with Crippen LogP contribution in [0.2, 0.25) is 0 Å². The van der Waals surface area contributed by atoms with Crippen LogP contribution in [0.4, 0.5) is 13.2 Å². The highest BCUT2D eigenvalue weighted by atomic mass is 19.4. The molecule has 0 fully saturated rings. The quantitative estimate of drug-likeness (QED) is 0.838. The predicted molar refractivity (Wildman–Crippen MR) is 63.1 cm³/mol. The summed E-state index contributed by atoms with van der Waals surface area (Å²) in [5.74, 6) is 0.731. The number of aromatic nitrogens is 4. The molecule has 0 amide bonds. The van der Waals surface area contributed by atoms with Gasteiger partial charge in [-0.2, -0.15) is 18.3 Å². The average molecular weight is 284 g/mol. The second kappa shape index (κ2) is 4.46. The number of hydrogen-bond acceptors (Lipinski definition) is 3. The first kappa shape index (κ1) is 12.9. The summed E-state index contributed by atoms with van der Waals surface area (Å²) in [4.78, 5) is 15.3. The van der Waals surface area contributed by atoms with Crippen molar-refractivity contribution >= 4 is 0 Å². The Bertz CT molecular complexity index is 684. The highest BCUT2D eigenvalue weighted by Crippen LogP contribution is 2.27. The van der Waals surface area contributed by atoms with Crippen molar-refractivity contribution in [1.29, 1.82) is 0 Å². The topological polar surface area (TPSA) is 52.7 Å². The van der Waals surface area contributed by atoms with Gasteiger partial charge in [0.2, 0.25) is 0 Å². The van der Waals surface area contributed by atoms with E-state index in [0.29, 0.717) is 12.1 Å². The van der Waals surface area contributed by atoms with Crippen molar-refractivity contribution in [2.24, 2.45) is 0 Å². The smallest absolute Gasteiger partial charge is 0.279 e. The molecule has 5 nitrogen and oxygen atoms in total. The highest BCUT2D eigenvalue weighted by molar-refractivity contribution is 5.16. The number of rotatable bonds is 2. The molecule has 0 saturated carbocycles. The molecule has 0 aromatic carbocycles. The van der Waals surface area contributed by atoms with Crippen molar-refractivity contribution < 1.29 is 13.2 Å². The summed E-state index contributed by atoms with van der Waals surface area (Å²) in [6.07, 6.45) is -1.67. The lowest BCUT2D eigenvalue weighted by Gasteiger charge is -2.06. The fourth-order valence-corrected chi connectivity index (χ4v) is 2.25. The summed E-state index contributed by atoms with van der Waals surface area (Å²) < 4.78 is 40.0. The molecule has 1 aliphatic heterocycles. The molecular formula is C12H11F3N4O. The van der Waals surface area contributed by atoms with E-state index < -0.39 is 11.9 Å². The van der Waals surface area contributed by atoms with E-state index >= 15 is 0 Å². The molecule has 0 atom stereocenters. The Morgan fingerprint density at radius 2 is 2.10 bits per heavy atom. The molecule has 106 valence electrons. The van der Waals surface area contributed by atoms with Crippen molar-refractivity contribution in [3.63, 3.8) is 0 Å². The summed E-state index contributed by atoms with van der Waals surface area (Å²) in [7, 11) is 0. The molecule has 0 unspecified atom stereocenters. The number of fused-ring (bicyclic) bond motifs is 1. The molecule has 0 saturated heterocycles. The van der Waals surface area contributed by atoms with Crippen LogP contribution in [0.1, 0.15) is 23.5 Å².